The first kappa shape index (κ1) is 22.6. The lowest BCUT2D eigenvalue weighted by Gasteiger charge is -2.59. The molecule has 0 spiro atoms. The van der Waals surface area contributed by atoms with Crippen molar-refractivity contribution in [3.8, 4) is 0 Å². The van der Waals surface area contributed by atoms with E-state index in [4.69, 9.17) is 0 Å². The van der Waals surface area contributed by atoms with Gasteiger partial charge < -0.3 is 5.11 Å². The molecule has 1 heteroatoms. The van der Waals surface area contributed by atoms with Crippen molar-refractivity contribution in [1.82, 2.24) is 0 Å². The SMILES string of the molecule is C/C(=C\C[C@@H](C)[C@H]1CCC2C3=CC[C@H]4[C@H](C)[C@@H](O)CC[C@]4(C)C3CC[C@@]21C)C(C)C. The summed E-state index contributed by atoms with van der Waals surface area (Å²) >= 11 is 0. The molecule has 0 aromatic heterocycles. The molecular formula is C29H48O. The largest absolute Gasteiger partial charge is 0.393 e. The third-order valence-corrected chi connectivity index (χ3v) is 11.1. The van der Waals surface area contributed by atoms with Crippen LogP contribution >= 0.6 is 0 Å². The predicted octanol–water partition coefficient (Wildman–Crippen LogP) is 7.80. The highest BCUT2D eigenvalue weighted by Crippen LogP contribution is 2.67. The molecule has 3 saturated carbocycles. The summed E-state index contributed by atoms with van der Waals surface area (Å²) in [7, 11) is 0. The van der Waals surface area contributed by atoms with Crippen LogP contribution in [0, 0.1) is 52.3 Å². The van der Waals surface area contributed by atoms with E-state index in [9.17, 15) is 5.11 Å². The Bertz CT molecular complexity index is 701. The van der Waals surface area contributed by atoms with Crippen molar-refractivity contribution in [2.75, 3.05) is 0 Å². The number of allylic oxidation sites excluding steroid dienone is 4. The zero-order valence-corrected chi connectivity index (χ0v) is 20.9. The second-order valence-electron chi connectivity index (χ2n) is 12.7. The number of aliphatic hydroxyl groups excluding tert-OH is 1. The van der Waals surface area contributed by atoms with E-state index in [0.29, 0.717) is 28.6 Å². The van der Waals surface area contributed by atoms with E-state index < -0.39 is 0 Å². The van der Waals surface area contributed by atoms with E-state index in [1.54, 1.807) is 5.57 Å². The molecule has 1 N–H and O–H groups in total. The minimum absolute atomic E-state index is 0.0778. The minimum atomic E-state index is -0.0778. The molecule has 0 radical (unpaired) electrons. The van der Waals surface area contributed by atoms with Crippen molar-refractivity contribution in [1.29, 1.82) is 0 Å². The number of rotatable bonds is 4. The zero-order chi connectivity index (χ0) is 21.8. The van der Waals surface area contributed by atoms with Crippen LogP contribution in [0.3, 0.4) is 0 Å². The van der Waals surface area contributed by atoms with Crippen LogP contribution in [0.25, 0.3) is 0 Å². The van der Waals surface area contributed by atoms with Crippen LogP contribution < -0.4 is 0 Å². The Morgan fingerprint density at radius 3 is 2.43 bits per heavy atom. The lowest BCUT2D eigenvalue weighted by atomic mass is 9.46. The van der Waals surface area contributed by atoms with Gasteiger partial charge in [-0.2, -0.15) is 0 Å². The van der Waals surface area contributed by atoms with Gasteiger partial charge in [-0.15, -0.1) is 0 Å². The fraction of sp³-hybridized carbons (Fsp3) is 0.862. The zero-order valence-electron chi connectivity index (χ0n) is 20.9. The quantitative estimate of drug-likeness (QED) is 0.467. The molecule has 4 aliphatic rings. The van der Waals surface area contributed by atoms with Crippen molar-refractivity contribution in [2.45, 2.75) is 106 Å². The van der Waals surface area contributed by atoms with Crippen LogP contribution in [-0.4, -0.2) is 11.2 Å². The first-order chi connectivity index (χ1) is 14.1. The Balaban J connectivity index is 1.55. The smallest absolute Gasteiger partial charge is 0.0568 e. The van der Waals surface area contributed by atoms with Gasteiger partial charge >= 0.3 is 0 Å². The molecule has 170 valence electrons. The van der Waals surface area contributed by atoms with Gasteiger partial charge in [0.05, 0.1) is 6.10 Å². The topological polar surface area (TPSA) is 20.2 Å². The van der Waals surface area contributed by atoms with Gasteiger partial charge in [-0.25, -0.2) is 0 Å². The lowest BCUT2D eigenvalue weighted by molar-refractivity contribution is -0.0772. The summed E-state index contributed by atoms with van der Waals surface area (Å²) in [6.07, 6.45) is 15.5. The van der Waals surface area contributed by atoms with Gasteiger partial charge in [0.2, 0.25) is 0 Å². The van der Waals surface area contributed by atoms with E-state index >= 15 is 0 Å². The molecule has 0 aliphatic heterocycles. The molecule has 9 atom stereocenters. The summed E-state index contributed by atoms with van der Waals surface area (Å²) in [6.45, 7) is 17.1. The van der Waals surface area contributed by atoms with Crippen LogP contribution in [0.5, 0.6) is 0 Å². The summed E-state index contributed by atoms with van der Waals surface area (Å²) < 4.78 is 0. The van der Waals surface area contributed by atoms with E-state index in [-0.39, 0.29) is 6.10 Å². The molecule has 2 unspecified atom stereocenters. The number of aliphatic hydroxyl groups is 1. The normalized spacial score (nSPS) is 47.4. The van der Waals surface area contributed by atoms with Crippen molar-refractivity contribution < 1.29 is 5.11 Å². The maximum Gasteiger partial charge on any atom is 0.0568 e. The second kappa shape index (κ2) is 8.09. The summed E-state index contributed by atoms with van der Waals surface area (Å²) in [4.78, 5) is 0. The molecular weight excluding hydrogens is 364 g/mol. The Morgan fingerprint density at radius 2 is 1.73 bits per heavy atom. The highest BCUT2D eigenvalue weighted by Gasteiger charge is 2.59. The van der Waals surface area contributed by atoms with Gasteiger partial charge in [-0.1, -0.05) is 64.8 Å². The second-order valence-corrected chi connectivity index (χ2v) is 12.7. The molecule has 3 fully saturated rings. The molecule has 4 rings (SSSR count). The number of fused-ring (bicyclic) bond motifs is 5. The Kier molecular flexibility index (Phi) is 6.10. The molecule has 30 heavy (non-hydrogen) atoms. The standard InChI is InChI=1S/C29H48O/c1-18(2)19(3)8-9-20(4)23-12-13-25-22-10-11-24-21(5)27(30)15-17-29(24,7)26(22)14-16-28(23,25)6/h8,10,18,20-21,23-27,30H,9,11-17H2,1-7H3/b19-8+/t20-,21+,23-,24+,25?,26?,27+,28-,29+/m1/s1. The third kappa shape index (κ3) is 3.46. The number of hydrogen-bond acceptors (Lipinski definition) is 1. The molecule has 0 amide bonds. The van der Waals surface area contributed by atoms with Crippen molar-refractivity contribution in [3.05, 3.63) is 23.3 Å². The van der Waals surface area contributed by atoms with Gasteiger partial charge in [-0.05, 0) is 111 Å². The Morgan fingerprint density at radius 1 is 1.07 bits per heavy atom. The molecule has 0 heterocycles. The van der Waals surface area contributed by atoms with E-state index in [2.05, 4.69) is 60.6 Å². The molecule has 0 bridgehead atoms. The van der Waals surface area contributed by atoms with Gasteiger partial charge in [0.25, 0.3) is 0 Å². The summed E-state index contributed by atoms with van der Waals surface area (Å²) in [5.41, 5.74) is 4.34. The van der Waals surface area contributed by atoms with Crippen LogP contribution in [0.15, 0.2) is 23.3 Å². The van der Waals surface area contributed by atoms with Crippen LogP contribution in [-0.2, 0) is 0 Å². The van der Waals surface area contributed by atoms with Crippen LogP contribution in [0.4, 0.5) is 0 Å². The molecule has 1 nitrogen and oxygen atoms in total. The Labute approximate surface area is 186 Å². The van der Waals surface area contributed by atoms with Crippen molar-refractivity contribution in [2.24, 2.45) is 52.3 Å². The summed E-state index contributed by atoms with van der Waals surface area (Å²) in [5, 5.41) is 10.5. The lowest BCUT2D eigenvalue weighted by Crippen LogP contribution is -2.52. The van der Waals surface area contributed by atoms with Gasteiger partial charge in [0.1, 0.15) is 0 Å². The van der Waals surface area contributed by atoms with Gasteiger partial charge in [-0.3, -0.25) is 0 Å². The van der Waals surface area contributed by atoms with E-state index in [1.807, 2.05) is 5.57 Å². The highest BCUT2D eigenvalue weighted by molar-refractivity contribution is 5.28. The van der Waals surface area contributed by atoms with Gasteiger partial charge in [0.15, 0.2) is 0 Å². The minimum Gasteiger partial charge on any atom is -0.393 e. The van der Waals surface area contributed by atoms with Gasteiger partial charge in [0, 0.05) is 0 Å². The Hall–Kier alpha value is -0.560. The third-order valence-electron chi connectivity index (χ3n) is 11.1. The van der Waals surface area contributed by atoms with Crippen molar-refractivity contribution in [3.63, 3.8) is 0 Å². The first-order valence-electron chi connectivity index (χ1n) is 13.1. The molecule has 0 aromatic carbocycles. The predicted molar refractivity (Wildman–Crippen MR) is 128 cm³/mol. The van der Waals surface area contributed by atoms with Crippen LogP contribution in [0.2, 0.25) is 0 Å². The average Bonchev–Trinajstić information content (AvgIpc) is 3.06. The summed E-state index contributed by atoms with van der Waals surface area (Å²) in [5.74, 6) is 5.08. The van der Waals surface area contributed by atoms with E-state index in [1.165, 1.54) is 44.9 Å². The number of hydrogen-bond donors (Lipinski definition) is 1. The van der Waals surface area contributed by atoms with E-state index in [0.717, 1.165) is 30.1 Å². The fourth-order valence-electron chi connectivity index (χ4n) is 8.69. The molecule has 0 aromatic rings. The fourth-order valence-corrected chi connectivity index (χ4v) is 8.69. The molecule has 4 aliphatic carbocycles. The maximum atomic E-state index is 10.5. The maximum absolute atomic E-state index is 10.5. The average molecular weight is 413 g/mol. The summed E-state index contributed by atoms with van der Waals surface area (Å²) in [6, 6.07) is 0. The molecule has 0 saturated heterocycles. The first-order valence-corrected chi connectivity index (χ1v) is 13.1. The van der Waals surface area contributed by atoms with Crippen LogP contribution in [0.1, 0.15) is 99.8 Å². The highest BCUT2D eigenvalue weighted by atomic mass is 16.3. The van der Waals surface area contributed by atoms with Crippen molar-refractivity contribution >= 4 is 0 Å². The monoisotopic (exact) mass is 412 g/mol.